The van der Waals surface area contributed by atoms with Crippen LogP contribution < -0.4 is 18.1 Å². The third kappa shape index (κ3) is 18.3. The number of likely N-dealkylation sites (N-methyl/N-ethyl adjacent to an activating group) is 1. The fourth-order valence-corrected chi connectivity index (χ4v) is 0.774. The summed E-state index contributed by atoms with van der Waals surface area (Å²) in [5.41, 5.74) is 4.61. The Hall–Kier alpha value is -0.730. The molecule has 0 amide bonds. The van der Waals surface area contributed by atoms with Crippen LogP contribution in [0.4, 0.5) is 0 Å². The van der Waals surface area contributed by atoms with Crippen molar-refractivity contribution in [1.82, 2.24) is 0 Å². The van der Waals surface area contributed by atoms with Crippen molar-refractivity contribution in [1.29, 1.82) is 0 Å². The molecule has 0 aliphatic rings. The van der Waals surface area contributed by atoms with Crippen LogP contribution in [0.2, 0.25) is 0 Å². The van der Waals surface area contributed by atoms with Gasteiger partial charge in [0, 0.05) is 0 Å². The van der Waals surface area contributed by atoms with Crippen LogP contribution in [0.15, 0.2) is 38.1 Å². The predicted octanol–water partition coefficient (Wildman–Crippen LogP) is -1.47. The summed E-state index contributed by atoms with van der Waals surface area (Å²) in [6.07, 6.45) is 5.12. The quantitative estimate of drug-likeness (QED) is 0.439. The second-order valence-electron chi connectivity index (χ2n) is 3.11. The minimum Gasteiger partial charge on any atom is -1.00 e. The molecule has 0 aromatic rings. The standard InChI is InChI=1S/C8H16N.C2H5N.ClH/c1-5-7-9(3,4)8-6-2;1-2-3;/h5-6H,1-2,7-8H2,3-4H3;2H,1,3H2;1H/q+1;;/p-1. The summed E-state index contributed by atoms with van der Waals surface area (Å²) in [5, 5.41) is 0. The van der Waals surface area contributed by atoms with Gasteiger partial charge < -0.3 is 22.6 Å². The Morgan fingerprint density at radius 3 is 1.46 bits per heavy atom. The van der Waals surface area contributed by atoms with E-state index in [9.17, 15) is 0 Å². The second kappa shape index (κ2) is 11.3. The molecule has 0 aliphatic heterocycles. The number of nitrogens with zero attached hydrogens (tertiary/aromatic N) is 1. The number of quaternary nitrogens is 1. The van der Waals surface area contributed by atoms with Crippen LogP contribution in [0, 0.1) is 0 Å². The summed E-state index contributed by atoms with van der Waals surface area (Å²) in [4.78, 5) is 0. The highest BCUT2D eigenvalue weighted by molar-refractivity contribution is 4.69. The molecule has 0 unspecified atom stereocenters. The van der Waals surface area contributed by atoms with Crippen molar-refractivity contribution in [3.63, 3.8) is 0 Å². The average Bonchev–Trinajstić information content (AvgIpc) is 1.88. The van der Waals surface area contributed by atoms with Crippen molar-refractivity contribution < 1.29 is 16.9 Å². The summed E-state index contributed by atoms with van der Waals surface area (Å²) < 4.78 is 0.951. The van der Waals surface area contributed by atoms with E-state index in [1.54, 1.807) is 0 Å². The molecule has 13 heavy (non-hydrogen) atoms. The van der Waals surface area contributed by atoms with Crippen molar-refractivity contribution in [2.75, 3.05) is 27.2 Å². The second-order valence-corrected chi connectivity index (χ2v) is 3.11. The van der Waals surface area contributed by atoms with Crippen LogP contribution in [-0.2, 0) is 0 Å². The number of nitrogens with two attached hydrogens (primary N) is 1. The van der Waals surface area contributed by atoms with Crippen molar-refractivity contribution >= 4 is 0 Å². The maximum atomic E-state index is 4.61. The number of rotatable bonds is 4. The minimum absolute atomic E-state index is 0. The van der Waals surface area contributed by atoms with Gasteiger partial charge in [-0.05, 0) is 18.4 Å². The largest absolute Gasteiger partial charge is 1.00 e. The molecule has 2 nitrogen and oxygen atoms in total. The highest BCUT2D eigenvalue weighted by Crippen LogP contribution is 1.95. The lowest BCUT2D eigenvalue weighted by Crippen LogP contribution is -3.00. The first-order valence-electron chi connectivity index (χ1n) is 3.90. The monoisotopic (exact) mass is 204 g/mol. The topological polar surface area (TPSA) is 26.0 Å². The smallest absolute Gasteiger partial charge is 0.0969 e. The first-order chi connectivity index (χ1) is 5.54. The van der Waals surface area contributed by atoms with Gasteiger partial charge in [-0.25, -0.2) is 0 Å². The molecule has 3 heteroatoms. The van der Waals surface area contributed by atoms with E-state index in [0.29, 0.717) is 0 Å². The molecule has 0 saturated heterocycles. The summed E-state index contributed by atoms with van der Waals surface area (Å²) in [6.45, 7) is 12.5. The zero-order chi connectivity index (χ0) is 10.0. The number of halogens is 1. The lowest BCUT2D eigenvalue weighted by Gasteiger charge is -2.26. The molecule has 0 heterocycles. The zero-order valence-corrected chi connectivity index (χ0v) is 9.43. The van der Waals surface area contributed by atoms with Crippen LogP contribution >= 0.6 is 0 Å². The summed E-state index contributed by atoms with van der Waals surface area (Å²) >= 11 is 0. The van der Waals surface area contributed by atoms with Crippen LogP contribution in [-0.4, -0.2) is 31.7 Å². The molecule has 0 aromatic heterocycles. The van der Waals surface area contributed by atoms with Gasteiger partial charge in [0.2, 0.25) is 0 Å². The molecule has 0 bridgehead atoms. The summed E-state index contributed by atoms with van der Waals surface area (Å²) in [7, 11) is 4.31. The molecule has 0 fully saturated rings. The van der Waals surface area contributed by atoms with Gasteiger partial charge in [-0.15, -0.1) is 0 Å². The molecule has 0 saturated carbocycles. The van der Waals surface area contributed by atoms with Gasteiger partial charge in [-0.2, -0.15) is 0 Å². The number of hydrogen-bond acceptors (Lipinski definition) is 1. The van der Waals surface area contributed by atoms with Crippen molar-refractivity contribution in [2.24, 2.45) is 5.73 Å². The van der Waals surface area contributed by atoms with Crippen LogP contribution in [0.25, 0.3) is 0 Å². The fraction of sp³-hybridized carbons (Fsp3) is 0.400. The Balaban J connectivity index is -0.000000220. The predicted molar refractivity (Wildman–Crippen MR) is 56.6 cm³/mol. The van der Waals surface area contributed by atoms with E-state index in [1.165, 1.54) is 6.20 Å². The molecule has 0 aliphatic carbocycles. The third-order valence-corrected chi connectivity index (χ3v) is 1.25. The lowest BCUT2D eigenvalue weighted by atomic mass is 10.4. The normalized spacial score (nSPS) is 8.46. The highest BCUT2D eigenvalue weighted by atomic mass is 35.5. The van der Waals surface area contributed by atoms with Gasteiger partial charge >= 0.3 is 0 Å². The molecule has 0 aromatic carbocycles. The van der Waals surface area contributed by atoms with Gasteiger partial charge in [-0.3, -0.25) is 0 Å². The van der Waals surface area contributed by atoms with Gasteiger partial charge in [-0.1, -0.05) is 19.7 Å². The first-order valence-corrected chi connectivity index (χ1v) is 3.90. The van der Waals surface area contributed by atoms with Crippen molar-refractivity contribution in [3.05, 3.63) is 38.1 Å². The van der Waals surface area contributed by atoms with Crippen LogP contribution in [0.1, 0.15) is 0 Å². The Bertz CT molecular complexity index is 130. The Morgan fingerprint density at radius 2 is 1.31 bits per heavy atom. The third-order valence-electron chi connectivity index (χ3n) is 1.25. The molecular formula is C10H21ClN2. The minimum atomic E-state index is 0. The molecular weight excluding hydrogens is 184 g/mol. The maximum Gasteiger partial charge on any atom is 0.0969 e. The highest BCUT2D eigenvalue weighted by Gasteiger charge is 2.07. The van der Waals surface area contributed by atoms with E-state index in [2.05, 4.69) is 39.6 Å². The zero-order valence-electron chi connectivity index (χ0n) is 8.67. The average molecular weight is 205 g/mol. The molecule has 78 valence electrons. The molecule has 2 N–H and O–H groups in total. The van der Waals surface area contributed by atoms with Crippen molar-refractivity contribution in [2.45, 2.75) is 0 Å². The van der Waals surface area contributed by atoms with Crippen LogP contribution in [0.3, 0.4) is 0 Å². The SMILES string of the molecule is C=CC[N+](C)(C)CC=C.C=CN.[Cl-]. The summed E-state index contributed by atoms with van der Waals surface area (Å²) in [5.74, 6) is 0. The molecule has 0 atom stereocenters. The Kier molecular flexibility index (Phi) is 15.7. The summed E-state index contributed by atoms with van der Waals surface area (Å²) in [6, 6.07) is 0. The maximum absolute atomic E-state index is 4.61. The van der Waals surface area contributed by atoms with Crippen LogP contribution in [0.5, 0.6) is 0 Å². The molecule has 0 radical (unpaired) electrons. The van der Waals surface area contributed by atoms with Gasteiger partial charge in [0.25, 0.3) is 0 Å². The lowest BCUT2D eigenvalue weighted by molar-refractivity contribution is -0.878. The Labute approximate surface area is 88.4 Å². The van der Waals surface area contributed by atoms with Gasteiger partial charge in [0.15, 0.2) is 0 Å². The van der Waals surface area contributed by atoms with Gasteiger partial charge in [0.1, 0.15) is 0 Å². The van der Waals surface area contributed by atoms with E-state index < -0.39 is 0 Å². The molecule has 0 rings (SSSR count). The van der Waals surface area contributed by atoms with E-state index in [4.69, 9.17) is 0 Å². The van der Waals surface area contributed by atoms with Gasteiger partial charge in [0.05, 0.1) is 27.2 Å². The number of hydrogen-bond donors (Lipinski definition) is 1. The first kappa shape index (κ1) is 18.1. The molecule has 0 spiro atoms. The van der Waals surface area contributed by atoms with E-state index in [0.717, 1.165) is 17.6 Å². The van der Waals surface area contributed by atoms with E-state index in [1.807, 2.05) is 12.2 Å². The Morgan fingerprint density at radius 1 is 1.08 bits per heavy atom. The van der Waals surface area contributed by atoms with E-state index >= 15 is 0 Å². The fourth-order valence-electron chi connectivity index (χ4n) is 0.774. The van der Waals surface area contributed by atoms with Crippen molar-refractivity contribution in [3.8, 4) is 0 Å². The van der Waals surface area contributed by atoms with E-state index in [-0.39, 0.29) is 12.4 Å².